The lowest BCUT2D eigenvalue weighted by atomic mass is 9.86. The van der Waals surface area contributed by atoms with Crippen LogP contribution < -0.4 is 10.4 Å². The van der Waals surface area contributed by atoms with E-state index < -0.39 is 11.1 Å². The van der Waals surface area contributed by atoms with E-state index in [4.69, 9.17) is 9.47 Å². The SMILES string of the molecule is Cn1nnn(-c2cc(C(C)(C)C)c(F)cc2O[C@@H]2CCOC2)c1=O. The molecule has 130 valence electrons. The molecule has 0 bridgehead atoms. The molecule has 0 N–H and O–H groups in total. The Morgan fingerprint density at radius 1 is 1.33 bits per heavy atom. The fourth-order valence-corrected chi connectivity index (χ4v) is 2.63. The van der Waals surface area contributed by atoms with E-state index in [1.807, 2.05) is 20.8 Å². The van der Waals surface area contributed by atoms with Crippen LogP contribution in [-0.2, 0) is 17.2 Å². The Morgan fingerprint density at radius 3 is 2.62 bits per heavy atom. The van der Waals surface area contributed by atoms with Crippen molar-refractivity contribution in [1.29, 1.82) is 0 Å². The fourth-order valence-electron chi connectivity index (χ4n) is 2.63. The minimum Gasteiger partial charge on any atom is -0.486 e. The highest BCUT2D eigenvalue weighted by Gasteiger charge is 2.26. The molecule has 1 fully saturated rings. The van der Waals surface area contributed by atoms with Gasteiger partial charge >= 0.3 is 5.69 Å². The number of aryl methyl sites for hydroxylation is 1. The first kappa shape index (κ1) is 16.6. The summed E-state index contributed by atoms with van der Waals surface area (Å²) in [4.78, 5) is 12.2. The molecule has 2 aromatic rings. The normalized spacial score (nSPS) is 18.1. The predicted molar refractivity (Wildman–Crippen MR) is 85.1 cm³/mol. The first-order valence-corrected chi connectivity index (χ1v) is 7.85. The van der Waals surface area contributed by atoms with Gasteiger partial charge in [0, 0.05) is 19.5 Å². The van der Waals surface area contributed by atoms with Crippen molar-refractivity contribution < 1.29 is 13.9 Å². The van der Waals surface area contributed by atoms with Crippen molar-refractivity contribution in [2.24, 2.45) is 7.05 Å². The highest BCUT2D eigenvalue weighted by Crippen LogP contribution is 2.33. The van der Waals surface area contributed by atoms with Crippen molar-refractivity contribution in [2.45, 2.75) is 38.7 Å². The van der Waals surface area contributed by atoms with Gasteiger partial charge in [-0.25, -0.2) is 9.18 Å². The number of aromatic nitrogens is 4. The van der Waals surface area contributed by atoms with Crippen molar-refractivity contribution in [3.05, 3.63) is 34.0 Å². The first-order chi connectivity index (χ1) is 11.3. The zero-order valence-electron chi connectivity index (χ0n) is 14.2. The maximum Gasteiger partial charge on any atom is 0.368 e. The van der Waals surface area contributed by atoms with Crippen LogP contribution in [0.25, 0.3) is 5.69 Å². The maximum atomic E-state index is 14.6. The monoisotopic (exact) mass is 336 g/mol. The van der Waals surface area contributed by atoms with Crippen LogP contribution in [0, 0.1) is 5.82 Å². The van der Waals surface area contributed by atoms with Crippen LogP contribution in [0.1, 0.15) is 32.8 Å². The van der Waals surface area contributed by atoms with Gasteiger partial charge in [-0.1, -0.05) is 20.8 Å². The van der Waals surface area contributed by atoms with E-state index in [-0.39, 0.29) is 17.7 Å². The molecular formula is C16H21FN4O3. The molecule has 1 atom stereocenters. The third-order valence-electron chi connectivity index (χ3n) is 3.99. The average Bonchev–Trinajstić information content (AvgIpc) is 3.10. The Bertz CT molecular complexity index is 801. The van der Waals surface area contributed by atoms with Gasteiger partial charge in [-0.2, -0.15) is 9.36 Å². The second-order valence-electron chi connectivity index (χ2n) is 6.95. The molecule has 8 heteroatoms. The minimum atomic E-state index is -0.431. The molecule has 7 nitrogen and oxygen atoms in total. The van der Waals surface area contributed by atoms with Crippen molar-refractivity contribution in [2.75, 3.05) is 13.2 Å². The molecule has 1 aromatic carbocycles. The lowest BCUT2D eigenvalue weighted by Gasteiger charge is -2.23. The van der Waals surface area contributed by atoms with Crippen molar-refractivity contribution in [1.82, 2.24) is 19.8 Å². The summed E-state index contributed by atoms with van der Waals surface area (Å²) in [6, 6.07) is 2.92. The molecule has 1 aromatic heterocycles. The van der Waals surface area contributed by atoms with Crippen LogP contribution in [0.3, 0.4) is 0 Å². The zero-order valence-corrected chi connectivity index (χ0v) is 14.2. The topological polar surface area (TPSA) is 71.2 Å². The largest absolute Gasteiger partial charge is 0.486 e. The Kier molecular flexibility index (Phi) is 4.16. The Balaban J connectivity index is 2.14. The summed E-state index contributed by atoms with van der Waals surface area (Å²) in [6.07, 6.45) is 0.549. The molecule has 24 heavy (non-hydrogen) atoms. The van der Waals surface area contributed by atoms with E-state index in [0.29, 0.717) is 24.5 Å². The molecule has 1 saturated heterocycles. The molecule has 0 aliphatic carbocycles. The van der Waals surface area contributed by atoms with Gasteiger partial charge in [0.15, 0.2) is 0 Å². The third kappa shape index (κ3) is 3.06. The number of benzene rings is 1. The molecule has 0 spiro atoms. The number of ether oxygens (including phenoxy) is 2. The van der Waals surface area contributed by atoms with Crippen LogP contribution in [0.2, 0.25) is 0 Å². The number of nitrogens with zero attached hydrogens (tertiary/aromatic N) is 4. The Hall–Kier alpha value is -2.22. The summed E-state index contributed by atoms with van der Waals surface area (Å²) in [6.45, 7) is 6.75. The summed E-state index contributed by atoms with van der Waals surface area (Å²) >= 11 is 0. The van der Waals surface area contributed by atoms with Gasteiger partial charge in [0.05, 0.1) is 13.2 Å². The van der Waals surface area contributed by atoms with Crippen LogP contribution in [0.5, 0.6) is 5.75 Å². The fraction of sp³-hybridized carbons (Fsp3) is 0.562. The molecule has 0 unspecified atom stereocenters. The summed E-state index contributed by atoms with van der Waals surface area (Å²) in [5.74, 6) is -0.115. The quantitative estimate of drug-likeness (QED) is 0.851. The van der Waals surface area contributed by atoms with E-state index in [9.17, 15) is 9.18 Å². The first-order valence-electron chi connectivity index (χ1n) is 7.85. The number of tetrazole rings is 1. The highest BCUT2D eigenvalue weighted by atomic mass is 19.1. The maximum absolute atomic E-state index is 14.6. The highest BCUT2D eigenvalue weighted by molar-refractivity contribution is 5.50. The second-order valence-corrected chi connectivity index (χ2v) is 6.95. The van der Waals surface area contributed by atoms with Gasteiger partial charge in [-0.15, -0.1) is 0 Å². The molecule has 3 rings (SSSR count). The number of rotatable bonds is 3. The second kappa shape index (κ2) is 6.01. The summed E-state index contributed by atoms with van der Waals surface area (Å²) in [7, 11) is 1.51. The molecule has 0 amide bonds. The van der Waals surface area contributed by atoms with E-state index in [2.05, 4.69) is 10.4 Å². The molecule has 0 radical (unpaired) electrons. The van der Waals surface area contributed by atoms with Crippen LogP contribution in [0.15, 0.2) is 16.9 Å². The van der Waals surface area contributed by atoms with Gasteiger partial charge in [0.1, 0.15) is 23.4 Å². The molecule has 1 aliphatic rings. The molecule has 1 aliphatic heterocycles. The third-order valence-corrected chi connectivity index (χ3v) is 3.99. The van der Waals surface area contributed by atoms with Crippen molar-refractivity contribution in [3.8, 4) is 11.4 Å². The van der Waals surface area contributed by atoms with Gasteiger partial charge in [-0.3, -0.25) is 0 Å². The van der Waals surface area contributed by atoms with Gasteiger partial charge < -0.3 is 9.47 Å². The average molecular weight is 336 g/mol. The van der Waals surface area contributed by atoms with E-state index >= 15 is 0 Å². The predicted octanol–water partition coefficient (Wildman–Crippen LogP) is 1.57. The minimum absolute atomic E-state index is 0.170. The van der Waals surface area contributed by atoms with Gasteiger partial charge in [0.25, 0.3) is 0 Å². The number of halogens is 1. The Morgan fingerprint density at radius 2 is 2.08 bits per heavy atom. The lowest BCUT2D eigenvalue weighted by molar-refractivity contribution is 0.141. The standard InChI is InChI=1S/C16H21FN4O3/c1-16(2,3)11-7-13(21-15(22)20(4)18-19-21)14(8-12(11)17)24-10-5-6-23-9-10/h7-8,10H,5-6,9H2,1-4H3/t10-/m1/s1. The Labute approximate surface area is 139 Å². The zero-order chi connectivity index (χ0) is 17.5. The van der Waals surface area contributed by atoms with Crippen molar-refractivity contribution >= 4 is 0 Å². The van der Waals surface area contributed by atoms with E-state index in [0.717, 1.165) is 15.8 Å². The van der Waals surface area contributed by atoms with E-state index in [1.54, 1.807) is 6.07 Å². The molecule has 0 saturated carbocycles. The van der Waals surface area contributed by atoms with Crippen LogP contribution >= 0.6 is 0 Å². The molecule has 2 heterocycles. The van der Waals surface area contributed by atoms with Crippen LogP contribution in [-0.4, -0.2) is 39.1 Å². The number of hydrogen-bond acceptors (Lipinski definition) is 5. The van der Waals surface area contributed by atoms with Crippen molar-refractivity contribution in [3.63, 3.8) is 0 Å². The molecular weight excluding hydrogens is 315 g/mol. The summed E-state index contributed by atoms with van der Waals surface area (Å²) in [5.41, 5.74) is 0.00464. The summed E-state index contributed by atoms with van der Waals surface area (Å²) in [5, 5.41) is 7.58. The summed E-state index contributed by atoms with van der Waals surface area (Å²) < 4.78 is 28.0. The van der Waals surface area contributed by atoms with Gasteiger partial charge in [-0.05, 0) is 27.5 Å². The number of hydrogen-bond donors (Lipinski definition) is 0. The smallest absolute Gasteiger partial charge is 0.368 e. The lowest BCUT2D eigenvalue weighted by Crippen LogP contribution is -2.25. The van der Waals surface area contributed by atoms with Crippen LogP contribution in [0.4, 0.5) is 4.39 Å². The van der Waals surface area contributed by atoms with E-state index in [1.165, 1.54) is 13.1 Å². The van der Waals surface area contributed by atoms with Gasteiger partial charge in [0.2, 0.25) is 0 Å².